The highest BCUT2D eigenvalue weighted by Crippen LogP contribution is 2.28. The monoisotopic (exact) mass is 450 g/mol. The molecule has 0 atom stereocenters. The Balaban J connectivity index is 2.29. The van der Waals surface area contributed by atoms with Crippen LogP contribution in [0, 0.1) is 0 Å². The molecule has 0 fully saturated rings. The van der Waals surface area contributed by atoms with E-state index in [4.69, 9.17) is 0 Å². The molecule has 0 aliphatic rings. The molecule has 14 heteroatoms. The van der Waals surface area contributed by atoms with Gasteiger partial charge in [-0.1, -0.05) is 6.92 Å². The van der Waals surface area contributed by atoms with Crippen molar-refractivity contribution in [1.82, 2.24) is 19.7 Å². The Bertz CT molecular complexity index is 1270. The standard InChI is InChI=1S/C16H11F5N4O4S/c1-2-30(27,28)10-5-9(29-15(17)18)7-22-13(10)25-14(26)12-8(6-23-25)3-4-11(24-12)16(19,20)21/h3-7,15H,2H2,1H3. The summed E-state index contributed by atoms with van der Waals surface area (Å²) in [5, 5.41) is 3.71. The molecule has 0 bridgehead atoms. The van der Waals surface area contributed by atoms with Crippen LogP contribution in [0.3, 0.4) is 0 Å². The Kier molecular flexibility index (Phi) is 5.45. The normalized spacial score (nSPS) is 12.5. The van der Waals surface area contributed by atoms with Crippen LogP contribution in [0.5, 0.6) is 5.75 Å². The number of sulfone groups is 1. The average molecular weight is 450 g/mol. The van der Waals surface area contributed by atoms with Crippen LogP contribution in [-0.4, -0.2) is 40.5 Å². The van der Waals surface area contributed by atoms with E-state index in [1.165, 1.54) is 6.92 Å². The molecule has 3 aromatic rings. The van der Waals surface area contributed by atoms with Crippen molar-refractivity contribution in [3.05, 3.63) is 46.6 Å². The van der Waals surface area contributed by atoms with Crippen LogP contribution in [-0.2, 0) is 16.0 Å². The van der Waals surface area contributed by atoms with Gasteiger partial charge in [0.2, 0.25) is 0 Å². The number of alkyl halides is 5. The first-order valence-corrected chi connectivity index (χ1v) is 9.73. The second kappa shape index (κ2) is 7.59. The Morgan fingerprint density at radius 1 is 1.20 bits per heavy atom. The lowest BCUT2D eigenvalue weighted by atomic mass is 10.2. The minimum atomic E-state index is -4.82. The van der Waals surface area contributed by atoms with E-state index in [1.807, 2.05) is 0 Å². The third kappa shape index (κ3) is 4.08. The van der Waals surface area contributed by atoms with E-state index in [0.717, 1.165) is 24.5 Å². The molecule has 0 spiro atoms. The summed E-state index contributed by atoms with van der Waals surface area (Å²) in [6.45, 7) is -2.01. The molecular formula is C16H11F5N4O4S. The summed E-state index contributed by atoms with van der Waals surface area (Å²) in [6, 6.07) is 2.38. The van der Waals surface area contributed by atoms with Gasteiger partial charge in [-0.05, 0) is 12.1 Å². The first-order chi connectivity index (χ1) is 13.9. The lowest BCUT2D eigenvalue weighted by Gasteiger charge is -2.13. The average Bonchev–Trinajstić information content (AvgIpc) is 2.67. The van der Waals surface area contributed by atoms with Gasteiger partial charge in [0.05, 0.1) is 18.1 Å². The first kappa shape index (κ1) is 21.5. The summed E-state index contributed by atoms with van der Waals surface area (Å²) in [6.07, 6.45) is -3.09. The summed E-state index contributed by atoms with van der Waals surface area (Å²) >= 11 is 0. The number of fused-ring (bicyclic) bond motifs is 1. The van der Waals surface area contributed by atoms with E-state index >= 15 is 0 Å². The molecule has 0 radical (unpaired) electrons. The van der Waals surface area contributed by atoms with Crippen molar-refractivity contribution >= 4 is 20.7 Å². The van der Waals surface area contributed by atoms with Crippen LogP contribution in [0.25, 0.3) is 16.7 Å². The van der Waals surface area contributed by atoms with Gasteiger partial charge in [0.1, 0.15) is 21.9 Å². The van der Waals surface area contributed by atoms with Gasteiger partial charge >= 0.3 is 12.8 Å². The highest BCUT2D eigenvalue weighted by Gasteiger charge is 2.33. The van der Waals surface area contributed by atoms with Crippen LogP contribution in [0.4, 0.5) is 22.0 Å². The molecule has 0 aliphatic carbocycles. The molecule has 0 aliphatic heterocycles. The molecule has 30 heavy (non-hydrogen) atoms. The Hall–Kier alpha value is -3.16. The lowest BCUT2D eigenvalue weighted by molar-refractivity contribution is -0.140. The molecule has 0 saturated carbocycles. The molecular weight excluding hydrogens is 439 g/mol. The fourth-order valence-electron chi connectivity index (χ4n) is 2.46. The maximum Gasteiger partial charge on any atom is 0.433 e. The number of hydrogen-bond acceptors (Lipinski definition) is 7. The van der Waals surface area contributed by atoms with Crippen molar-refractivity contribution in [2.24, 2.45) is 0 Å². The number of halogens is 5. The van der Waals surface area contributed by atoms with Crippen molar-refractivity contribution in [3.8, 4) is 11.6 Å². The zero-order valence-corrected chi connectivity index (χ0v) is 15.7. The zero-order valence-electron chi connectivity index (χ0n) is 14.9. The number of rotatable bonds is 5. The van der Waals surface area contributed by atoms with Crippen molar-refractivity contribution in [2.75, 3.05) is 5.75 Å². The molecule has 3 rings (SSSR count). The summed E-state index contributed by atoms with van der Waals surface area (Å²) in [7, 11) is -4.12. The fourth-order valence-corrected chi connectivity index (χ4v) is 3.48. The van der Waals surface area contributed by atoms with Crippen LogP contribution < -0.4 is 10.3 Å². The molecule has 0 aromatic carbocycles. The summed E-state index contributed by atoms with van der Waals surface area (Å²) in [4.78, 5) is 19.0. The van der Waals surface area contributed by atoms with Crippen LogP contribution in [0.1, 0.15) is 12.6 Å². The summed E-state index contributed by atoms with van der Waals surface area (Å²) in [5.74, 6) is -1.67. The van der Waals surface area contributed by atoms with Gasteiger partial charge in [0.15, 0.2) is 15.7 Å². The van der Waals surface area contributed by atoms with E-state index < -0.39 is 61.6 Å². The highest BCUT2D eigenvalue weighted by atomic mass is 32.2. The number of aromatic nitrogens is 4. The van der Waals surface area contributed by atoms with Crippen LogP contribution in [0.15, 0.2) is 40.3 Å². The topological polar surface area (TPSA) is 104 Å². The van der Waals surface area contributed by atoms with Gasteiger partial charge in [-0.2, -0.15) is 31.7 Å². The number of ether oxygens (including phenoxy) is 1. The van der Waals surface area contributed by atoms with Gasteiger partial charge in [-0.15, -0.1) is 0 Å². The van der Waals surface area contributed by atoms with Crippen molar-refractivity contribution < 1.29 is 35.1 Å². The highest BCUT2D eigenvalue weighted by molar-refractivity contribution is 7.91. The smallest absolute Gasteiger partial charge is 0.433 e. The molecule has 3 aromatic heterocycles. The minimum absolute atomic E-state index is 0.0261. The third-order valence-electron chi connectivity index (χ3n) is 3.87. The van der Waals surface area contributed by atoms with Gasteiger partial charge in [-0.3, -0.25) is 4.79 Å². The molecule has 0 unspecified atom stereocenters. The Morgan fingerprint density at radius 2 is 1.90 bits per heavy atom. The van der Waals surface area contributed by atoms with Gasteiger partial charge < -0.3 is 4.74 Å². The maximum absolute atomic E-state index is 12.9. The van der Waals surface area contributed by atoms with Crippen molar-refractivity contribution in [1.29, 1.82) is 0 Å². The predicted molar refractivity (Wildman–Crippen MR) is 92.3 cm³/mol. The molecule has 8 nitrogen and oxygen atoms in total. The summed E-state index contributed by atoms with van der Waals surface area (Å²) < 4.78 is 93.1. The quantitative estimate of drug-likeness (QED) is 0.551. The first-order valence-electron chi connectivity index (χ1n) is 8.08. The number of pyridine rings is 2. The molecule has 0 saturated heterocycles. The SMILES string of the molecule is CCS(=O)(=O)c1cc(OC(F)F)cnc1-n1ncc2ccc(C(F)(F)F)nc2c1=O. The van der Waals surface area contributed by atoms with E-state index in [9.17, 15) is 35.2 Å². The second-order valence-corrected chi connectivity index (χ2v) is 8.01. The van der Waals surface area contributed by atoms with Gasteiger partial charge in [0, 0.05) is 11.5 Å². The predicted octanol–water partition coefficient (Wildman–Crippen LogP) is 2.59. The number of hydrogen-bond donors (Lipinski definition) is 0. The van der Waals surface area contributed by atoms with E-state index in [0.29, 0.717) is 10.7 Å². The summed E-state index contributed by atoms with van der Waals surface area (Å²) in [5.41, 5.74) is -3.14. The van der Waals surface area contributed by atoms with Gasteiger partial charge in [0.25, 0.3) is 5.56 Å². The second-order valence-electron chi connectivity index (χ2n) is 5.77. The number of nitrogens with zero attached hydrogens (tertiary/aromatic N) is 4. The molecule has 160 valence electrons. The molecule has 0 N–H and O–H groups in total. The van der Waals surface area contributed by atoms with E-state index in [1.54, 1.807) is 0 Å². The van der Waals surface area contributed by atoms with Crippen molar-refractivity contribution in [2.45, 2.75) is 24.6 Å². The largest absolute Gasteiger partial charge is 0.433 e. The fraction of sp³-hybridized carbons (Fsp3) is 0.250. The Labute approximate surface area is 164 Å². The zero-order chi connectivity index (χ0) is 22.3. The molecule has 0 amide bonds. The lowest BCUT2D eigenvalue weighted by Crippen LogP contribution is -2.26. The van der Waals surface area contributed by atoms with Crippen LogP contribution in [0.2, 0.25) is 0 Å². The minimum Gasteiger partial charge on any atom is -0.433 e. The van der Waals surface area contributed by atoms with Crippen LogP contribution >= 0.6 is 0 Å². The third-order valence-corrected chi connectivity index (χ3v) is 5.60. The Morgan fingerprint density at radius 3 is 2.50 bits per heavy atom. The molecule has 3 heterocycles. The van der Waals surface area contributed by atoms with Gasteiger partial charge in [-0.25, -0.2) is 18.4 Å². The van der Waals surface area contributed by atoms with Crippen molar-refractivity contribution in [3.63, 3.8) is 0 Å². The maximum atomic E-state index is 12.9. The van der Waals surface area contributed by atoms with E-state index in [2.05, 4.69) is 19.8 Å². The van der Waals surface area contributed by atoms with E-state index in [-0.39, 0.29) is 5.39 Å².